The average molecular weight is 381 g/mol. The van der Waals surface area contributed by atoms with Gasteiger partial charge in [-0.2, -0.15) is 13.2 Å². The van der Waals surface area contributed by atoms with E-state index in [1.54, 1.807) is 0 Å². The molecule has 9 heteroatoms. The Hall–Kier alpha value is -3.10. The van der Waals surface area contributed by atoms with Gasteiger partial charge >= 0.3 is 12.2 Å². The fourth-order valence-electron chi connectivity index (χ4n) is 2.74. The second kappa shape index (κ2) is 7.26. The van der Waals surface area contributed by atoms with Crippen molar-refractivity contribution >= 4 is 23.3 Å². The van der Waals surface area contributed by atoms with Crippen molar-refractivity contribution < 1.29 is 27.2 Å². The normalized spacial score (nSPS) is 14.6. The van der Waals surface area contributed by atoms with Crippen LogP contribution in [0.2, 0.25) is 0 Å². The Morgan fingerprint density at radius 3 is 2.44 bits per heavy atom. The van der Waals surface area contributed by atoms with Crippen molar-refractivity contribution in [2.24, 2.45) is 0 Å². The fraction of sp³-hybridized carbons (Fsp3) is 0.222. The lowest BCUT2D eigenvalue weighted by atomic mass is 10.2. The van der Waals surface area contributed by atoms with Crippen LogP contribution in [0.15, 0.2) is 48.5 Å². The Kier molecular flexibility index (Phi) is 5.02. The first-order valence-electron chi connectivity index (χ1n) is 8.03. The van der Waals surface area contributed by atoms with E-state index in [-0.39, 0.29) is 18.8 Å². The lowest BCUT2D eigenvalue weighted by molar-refractivity contribution is -0.137. The van der Waals surface area contributed by atoms with E-state index in [1.165, 1.54) is 46.2 Å². The maximum atomic E-state index is 13.0. The smallest absolute Gasteiger partial charge is 0.325 e. The molecule has 0 atom stereocenters. The average Bonchev–Trinajstić information content (AvgIpc) is 2.96. The number of hydrogen-bond acceptors (Lipinski definition) is 2. The van der Waals surface area contributed by atoms with Gasteiger partial charge in [-0.3, -0.25) is 9.69 Å². The van der Waals surface area contributed by atoms with Crippen LogP contribution >= 0.6 is 0 Å². The lowest BCUT2D eigenvalue weighted by Gasteiger charge is -2.18. The summed E-state index contributed by atoms with van der Waals surface area (Å²) < 4.78 is 51.1. The molecule has 3 rings (SSSR count). The lowest BCUT2D eigenvalue weighted by Crippen LogP contribution is -2.37. The molecule has 0 unspecified atom stereocenters. The van der Waals surface area contributed by atoms with Crippen molar-refractivity contribution in [3.63, 3.8) is 0 Å². The number of carbonyl (C=O) groups excluding carboxylic acids is 2. The maximum Gasteiger partial charge on any atom is 0.416 e. The number of urea groups is 1. The van der Waals surface area contributed by atoms with Crippen LogP contribution in [-0.2, 0) is 11.0 Å². The van der Waals surface area contributed by atoms with Gasteiger partial charge in [-0.15, -0.1) is 0 Å². The number of carbonyl (C=O) groups is 2. The van der Waals surface area contributed by atoms with Crippen LogP contribution in [0.5, 0.6) is 0 Å². The highest BCUT2D eigenvalue weighted by Gasteiger charge is 2.32. The molecule has 27 heavy (non-hydrogen) atoms. The third kappa shape index (κ3) is 4.36. The number of nitrogens with zero attached hydrogens (tertiary/aromatic N) is 2. The van der Waals surface area contributed by atoms with Crippen molar-refractivity contribution in [3.05, 3.63) is 59.9 Å². The van der Waals surface area contributed by atoms with Crippen LogP contribution in [0.1, 0.15) is 5.56 Å². The third-order valence-corrected chi connectivity index (χ3v) is 4.04. The molecule has 0 radical (unpaired) electrons. The molecule has 3 amide bonds. The highest BCUT2D eigenvalue weighted by atomic mass is 19.4. The molecule has 142 valence electrons. The van der Waals surface area contributed by atoms with Gasteiger partial charge in [0.1, 0.15) is 12.4 Å². The van der Waals surface area contributed by atoms with Crippen molar-refractivity contribution in [1.82, 2.24) is 4.90 Å². The monoisotopic (exact) mass is 381 g/mol. The highest BCUT2D eigenvalue weighted by Crippen LogP contribution is 2.30. The van der Waals surface area contributed by atoms with Crippen molar-refractivity contribution in [1.29, 1.82) is 0 Å². The van der Waals surface area contributed by atoms with Gasteiger partial charge in [-0.25, -0.2) is 9.18 Å². The zero-order chi connectivity index (χ0) is 19.6. The summed E-state index contributed by atoms with van der Waals surface area (Å²) in [5.41, 5.74) is -0.376. The van der Waals surface area contributed by atoms with E-state index in [4.69, 9.17) is 0 Å². The predicted octanol–water partition coefficient (Wildman–Crippen LogP) is 3.73. The van der Waals surface area contributed by atoms with Gasteiger partial charge in [0.15, 0.2) is 0 Å². The van der Waals surface area contributed by atoms with Gasteiger partial charge in [-0.1, -0.05) is 6.07 Å². The number of nitrogens with one attached hydrogen (secondary N) is 1. The summed E-state index contributed by atoms with van der Waals surface area (Å²) in [4.78, 5) is 27.2. The Morgan fingerprint density at radius 2 is 1.78 bits per heavy atom. The van der Waals surface area contributed by atoms with Crippen LogP contribution in [0.4, 0.5) is 33.7 Å². The summed E-state index contributed by atoms with van der Waals surface area (Å²) in [6.45, 7) is 0.292. The molecular formula is C18H15F4N3O2. The molecule has 1 heterocycles. The van der Waals surface area contributed by atoms with Gasteiger partial charge in [0.2, 0.25) is 5.91 Å². The Bertz CT molecular complexity index is 852. The Balaban J connectivity index is 1.62. The molecule has 0 aromatic heterocycles. The van der Waals surface area contributed by atoms with Crippen molar-refractivity contribution in [3.8, 4) is 0 Å². The number of halogens is 4. The molecule has 2 aromatic carbocycles. The molecule has 0 bridgehead atoms. The van der Waals surface area contributed by atoms with Gasteiger partial charge in [0.25, 0.3) is 0 Å². The number of alkyl halides is 3. The Morgan fingerprint density at radius 1 is 1.07 bits per heavy atom. The summed E-state index contributed by atoms with van der Waals surface area (Å²) in [6, 6.07) is 9.20. The summed E-state index contributed by atoms with van der Waals surface area (Å²) in [6.07, 6.45) is -4.51. The highest BCUT2D eigenvalue weighted by molar-refractivity contribution is 5.99. The first-order valence-corrected chi connectivity index (χ1v) is 8.03. The van der Waals surface area contributed by atoms with Crippen LogP contribution in [0.3, 0.4) is 0 Å². The Labute approximate surface area is 152 Å². The number of benzene rings is 2. The minimum atomic E-state index is -4.51. The molecule has 1 N–H and O–H groups in total. The first kappa shape index (κ1) is 18.7. The molecule has 5 nitrogen and oxygen atoms in total. The van der Waals surface area contributed by atoms with Crippen LogP contribution in [0, 0.1) is 5.82 Å². The number of anilines is 2. The summed E-state index contributed by atoms with van der Waals surface area (Å²) in [5, 5.41) is 2.36. The van der Waals surface area contributed by atoms with E-state index in [9.17, 15) is 27.2 Å². The molecule has 1 aliphatic rings. The predicted molar refractivity (Wildman–Crippen MR) is 90.8 cm³/mol. The van der Waals surface area contributed by atoms with Crippen molar-refractivity contribution in [2.45, 2.75) is 6.18 Å². The molecule has 0 spiro atoms. The molecule has 1 fully saturated rings. The standard InChI is InChI=1S/C18H15F4N3O2/c19-13-4-6-15(7-5-13)25-9-8-24(17(25)27)11-16(26)23-14-3-1-2-12(10-14)18(20,21)22/h1-7,10H,8-9,11H2,(H,23,26). The van der Waals surface area contributed by atoms with Crippen LogP contribution in [0.25, 0.3) is 0 Å². The fourth-order valence-corrected chi connectivity index (χ4v) is 2.74. The zero-order valence-electron chi connectivity index (χ0n) is 14.0. The van der Waals surface area contributed by atoms with E-state index < -0.39 is 29.5 Å². The summed E-state index contributed by atoms with van der Waals surface area (Å²) >= 11 is 0. The number of rotatable bonds is 4. The minimum absolute atomic E-state index is 0.00291. The molecular weight excluding hydrogens is 366 g/mol. The number of hydrogen-bond donors (Lipinski definition) is 1. The summed E-state index contributed by atoms with van der Waals surface area (Å²) in [7, 11) is 0. The molecule has 0 aliphatic carbocycles. The van der Waals surface area contributed by atoms with Gasteiger partial charge in [0.05, 0.1) is 5.56 Å². The number of amides is 3. The van der Waals surface area contributed by atoms with E-state index in [0.29, 0.717) is 12.2 Å². The first-order chi connectivity index (χ1) is 12.7. The van der Waals surface area contributed by atoms with Gasteiger partial charge in [-0.05, 0) is 42.5 Å². The molecule has 1 saturated heterocycles. The largest absolute Gasteiger partial charge is 0.416 e. The van der Waals surface area contributed by atoms with Gasteiger partial charge < -0.3 is 10.2 Å². The molecule has 2 aromatic rings. The second-order valence-corrected chi connectivity index (χ2v) is 5.96. The van der Waals surface area contributed by atoms with Crippen LogP contribution in [-0.4, -0.2) is 36.5 Å². The van der Waals surface area contributed by atoms with E-state index in [0.717, 1.165) is 12.1 Å². The van der Waals surface area contributed by atoms with Crippen molar-refractivity contribution in [2.75, 3.05) is 29.9 Å². The SMILES string of the molecule is O=C(CN1CCN(c2ccc(F)cc2)C1=O)Nc1cccc(C(F)(F)F)c1. The summed E-state index contributed by atoms with van der Waals surface area (Å²) in [5.74, 6) is -1.04. The minimum Gasteiger partial charge on any atom is -0.325 e. The van der Waals surface area contributed by atoms with Gasteiger partial charge in [0, 0.05) is 24.5 Å². The third-order valence-electron chi connectivity index (χ3n) is 4.04. The maximum absolute atomic E-state index is 13.0. The van der Waals surface area contributed by atoms with E-state index >= 15 is 0 Å². The van der Waals surface area contributed by atoms with Crippen LogP contribution < -0.4 is 10.2 Å². The quantitative estimate of drug-likeness (QED) is 0.821. The van der Waals surface area contributed by atoms with E-state index in [1.807, 2.05) is 0 Å². The molecule has 0 saturated carbocycles. The second-order valence-electron chi connectivity index (χ2n) is 5.96. The topological polar surface area (TPSA) is 52.7 Å². The molecule has 1 aliphatic heterocycles. The zero-order valence-corrected chi connectivity index (χ0v) is 14.0. The van der Waals surface area contributed by atoms with E-state index in [2.05, 4.69) is 5.32 Å².